The highest BCUT2D eigenvalue weighted by molar-refractivity contribution is 5.77. The highest BCUT2D eigenvalue weighted by Gasteiger charge is 2.29. The van der Waals surface area contributed by atoms with E-state index in [1.807, 2.05) is 23.1 Å². The van der Waals surface area contributed by atoms with Gasteiger partial charge in [-0.15, -0.1) is 0 Å². The highest BCUT2D eigenvalue weighted by atomic mass is 16.2. The van der Waals surface area contributed by atoms with Crippen molar-refractivity contribution in [2.75, 3.05) is 26.7 Å². The molecule has 1 aromatic rings. The van der Waals surface area contributed by atoms with E-state index in [0.29, 0.717) is 13.0 Å². The number of hydrogen-bond acceptors (Lipinski definition) is 3. The third-order valence-electron chi connectivity index (χ3n) is 4.87. The molecule has 0 saturated carbocycles. The monoisotopic (exact) mass is 359 g/mol. The fraction of sp³-hybridized carbons (Fsp3) is 0.550. The van der Waals surface area contributed by atoms with Gasteiger partial charge in [0.1, 0.15) is 6.29 Å². The summed E-state index contributed by atoms with van der Waals surface area (Å²) in [5.41, 5.74) is 1.22. The zero-order chi connectivity index (χ0) is 18.8. The Morgan fingerprint density at radius 2 is 2.00 bits per heavy atom. The van der Waals surface area contributed by atoms with Gasteiger partial charge >= 0.3 is 6.03 Å². The third-order valence-corrected chi connectivity index (χ3v) is 4.87. The van der Waals surface area contributed by atoms with E-state index in [9.17, 15) is 14.4 Å². The number of hydrogen-bond donors (Lipinski definition) is 1. The van der Waals surface area contributed by atoms with Crippen LogP contribution in [0.25, 0.3) is 0 Å². The van der Waals surface area contributed by atoms with Crippen LogP contribution in [0.2, 0.25) is 0 Å². The third kappa shape index (κ3) is 5.58. The average molecular weight is 359 g/mol. The number of aldehydes is 1. The molecule has 1 saturated heterocycles. The molecule has 0 aliphatic carbocycles. The predicted molar refractivity (Wildman–Crippen MR) is 101 cm³/mol. The maximum atomic E-state index is 12.6. The van der Waals surface area contributed by atoms with Crippen LogP contribution in [0.15, 0.2) is 30.3 Å². The van der Waals surface area contributed by atoms with Crippen molar-refractivity contribution in [2.24, 2.45) is 0 Å². The van der Waals surface area contributed by atoms with E-state index in [2.05, 4.69) is 17.4 Å². The number of nitrogens with zero attached hydrogens (tertiary/aromatic N) is 2. The van der Waals surface area contributed by atoms with Crippen molar-refractivity contribution in [2.45, 2.75) is 44.6 Å². The summed E-state index contributed by atoms with van der Waals surface area (Å²) in [6.45, 7) is 1.47. The second-order valence-corrected chi connectivity index (χ2v) is 6.63. The fourth-order valence-electron chi connectivity index (χ4n) is 3.51. The smallest absolute Gasteiger partial charge is 0.317 e. The van der Waals surface area contributed by atoms with Gasteiger partial charge in [-0.1, -0.05) is 36.8 Å². The Balaban J connectivity index is 1.73. The number of carbonyl (C=O) groups is 3. The van der Waals surface area contributed by atoms with E-state index >= 15 is 0 Å². The predicted octanol–water partition coefficient (Wildman–Crippen LogP) is 2.75. The molecule has 6 heteroatoms. The van der Waals surface area contributed by atoms with Gasteiger partial charge in [-0.3, -0.25) is 4.79 Å². The SMILES string of the molecule is CNC(=O)N(CC=O)CCCCCC(=O)N1CCCC1c1ccccc1. The normalized spacial score (nSPS) is 16.3. The van der Waals surface area contributed by atoms with Crippen LogP contribution < -0.4 is 5.32 Å². The summed E-state index contributed by atoms with van der Waals surface area (Å²) in [5, 5.41) is 2.53. The quantitative estimate of drug-likeness (QED) is 0.544. The molecule has 1 aliphatic heterocycles. The number of urea groups is 1. The second-order valence-electron chi connectivity index (χ2n) is 6.63. The molecular formula is C20H29N3O3. The molecule has 26 heavy (non-hydrogen) atoms. The number of likely N-dealkylation sites (tertiary alicyclic amines) is 1. The molecule has 1 atom stereocenters. The molecule has 1 unspecified atom stereocenters. The van der Waals surface area contributed by atoms with E-state index in [0.717, 1.165) is 44.9 Å². The Bertz CT molecular complexity index is 591. The van der Waals surface area contributed by atoms with Crippen LogP contribution in [-0.4, -0.2) is 54.7 Å². The molecule has 1 heterocycles. The minimum Gasteiger partial charge on any atom is -0.341 e. The van der Waals surface area contributed by atoms with Gasteiger partial charge in [0.2, 0.25) is 5.91 Å². The van der Waals surface area contributed by atoms with Crippen molar-refractivity contribution in [3.05, 3.63) is 35.9 Å². The molecule has 6 nitrogen and oxygen atoms in total. The van der Waals surface area contributed by atoms with E-state index < -0.39 is 0 Å². The van der Waals surface area contributed by atoms with Gasteiger partial charge in [-0.25, -0.2) is 4.79 Å². The molecule has 0 bridgehead atoms. The molecule has 1 N–H and O–H groups in total. The van der Waals surface area contributed by atoms with Gasteiger partial charge in [0, 0.05) is 26.6 Å². The lowest BCUT2D eigenvalue weighted by Crippen LogP contribution is -2.39. The van der Waals surface area contributed by atoms with Crippen molar-refractivity contribution >= 4 is 18.2 Å². The first-order valence-electron chi connectivity index (χ1n) is 9.42. The molecule has 142 valence electrons. The summed E-state index contributed by atoms with van der Waals surface area (Å²) in [7, 11) is 1.55. The van der Waals surface area contributed by atoms with Crippen molar-refractivity contribution < 1.29 is 14.4 Å². The van der Waals surface area contributed by atoms with Crippen LogP contribution in [0.1, 0.15) is 50.1 Å². The van der Waals surface area contributed by atoms with E-state index in [-0.39, 0.29) is 24.5 Å². The second kappa shape index (κ2) is 10.6. The number of carbonyl (C=O) groups excluding carboxylic acids is 3. The van der Waals surface area contributed by atoms with Crippen LogP contribution >= 0.6 is 0 Å². The Kier molecular flexibility index (Phi) is 8.12. The number of rotatable bonds is 9. The van der Waals surface area contributed by atoms with Gasteiger partial charge in [-0.2, -0.15) is 0 Å². The minimum atomic E-state index is -0.240. The maximum absolute atomic E-state index is 12.6. The Morgan fingerprint density at radius 1 is 1.23 bits per heavy atom. The molecular weight excluding hydrogens is 330 g/mol. The van der Waals surface area contributed by atoms with Crippen LogP contribution in [0, 0.1) is 0 Å². The minimum absolute atomic E-state index is 0.102. The Morgan fingerprint density at radius 3 is 2.69 bits per heavy atom. The largest absolute Gasteiger partial charge is 0.341 e. The van der Waals surface area contributed by atoms with Crippen LogP contribution in [0.4, 0.5) is 4.79 Å². The molecule has 3 amide bonds. The lowest BCUT2D eigenvalue weighted by Gasteiger charge is -2.25. The fourth-order valence-corrected chi connectivity index (χ4v) is 3.51. The molecule has 0 spiro atoms. The number of amides is 3. The highest BCUT2D eigenvalue weighted by Crippen LogP contribution is 2.32. The first kappa shape index (κ1) is 19.9. The van der Waals surface area contributed by atoms with E-state index in [1.165, 1.54) is 10.5 Å². The molecule has 0 aromatic heterocycles. The Hall–Kier alpha value is -2.37. The van der Waals surface area contributed by atoms with Gasteiger partial charge in [0.15, 0.2) is 0 Å². The zero-order valence-corrected chi connectivity index (χ0v) is 15.5. The van der Waals surface area contributed by atoms with Gasteiger partial charge in [0.05, 0.1) is 12.6 Å². The summed E-state index contributed by atoms with van der Waals surface area (Å²) in [4.78, 5) is 38.3. The zero-order valence-electron chi connectivity index (χ0n) is 15.5. The Labute approximate surface area is 155 Å². The molecule has 0 radical (unpaired) electrons. The van der Waals surface area contributed by atoms with Crippen molar-refractivity contribution in [1.82, 2.24) is 15.1 Å². The molecule has 1 aliphatic rings. The molecule has 2 rings (SSSR count). The van der Waals surface area contributed by atoms with Crippen molar-refractivity contribution in [3.63, 3.8) is 0 Å². The summed E-state index contributed by atoms with van der Waals surface area (Å²) in [6, 6.07) is 10.2. The van der Waals surface area contributed by atoms with E-state index in [1.54, 1.807) is 7.05 Å². The van der Waals surface area contributed by atoms with Crippen molar-refractivity contribution in [3.8, 4) is 0 Å². The first-order chi connectivity index (χ1) is 12.7. The summed E-state index contributed by atoms with van der Waals surface area (Å²) >= 11 is 0. The summed E-state index contributed by atoms with van der Waals surface area (Å²) in [5.74, 6) is 0.215. The lowest BCUT2D eigenvalue weighted by molar-refractivity contribution is -0.132. The first-order valence-corrected chi connectivity index (χ1v) is 9.42. The van der Waals surface area contributed by atoms with Crippen LogP contribution in [-0.2, 0) is 9.59 Å². The number of unbranched alkanes of at least 4 members (excludes halogenated alkanes) is 2. The lowest BCUT2D eigenvalue weighted by atomic mass is 10.0. The number of nitrogens with one attached hydrogen (secondary N) is 1. The standard InChI is InChI=1S/C20H29N3O3/c1-21-20(26)22(15-16-24)13-7-3-6-12-19(25)23-14-8-11-18(23)17-9-4-2-5-10-17/h2,4-5,9-10,16,18H,3,6-8,11-15H2,1H3,(H,21,26). The summed E-state index contributed by atoms with van der Waals surface area (Å²) < 4.78 is 0. The van der Waals surface area contributed by atoms with Crippen molar-refractivity contribution in [1.29, 1.82) is 0 Å². The maximum Gasteiger partial charge on any atom is 0.317 e. The number of benzene rings is 1. The molecule has 1 aromatic carbocycles. The van der Waals surface area contributed by atoms with Gasteiger partial charge < -0.3 is 19.9 Å². The van der Waals surface area contributed by atoms with Gasteiger partial charge in [-0.05, 0) is 31.2 Å². The van der Waals surface area contributed by atoms with Gasteiger partial charge in [0.25, 0.3) is 0 Å². The van der Waals surface area contributed by atoms with Crippen LogP contribution in [0.5, 0.6) is 0 Å². The summed E-state index contributed by atoms with van der Waals surface area (Å²) in [6.07, 6.45) is 5.81. The van der Waals surface area contributed by atoms with E-state index in [4.69, 9.17) is 0 Å². The molecule has 1 fully saturated rings. The average Bonchev–Trinajstić information content (AvgIpc) is 3.16. The topological polar surface area (TPSA) is 69.7 Å². The van der Waals surface area contributed by atoms with Crippen LogP contribution in [0.3, 0.4) is 0 Å².